The Morgan fingerprint density at radius 1 is 1.17 bits per heavy atom. The lowest BCUT2D eigenvalue weighted by Gasteiger charge is -2.21. The maximum absolute atomic E-state index is 13.0. The fourth-order valence-corrected chi connectivity index (χ4v) is 2.49. The van der Waals surface area contributed by atoms with Crippen LogP contribution >= 0.6 is 0 Å². The molecule has 1 saturated carbocycles. The van der Waals surface area contributed by atoms with Gasteiger partial charge in [0.1, 0.15) is 17.9 Å². The van der Waals surface area contributed by atoms with Gasteiger partial charge in [-0.25, -0.2) is 9.18 Å². The van der Waals surface area contributed by atoms with Gasteiger partial charge in [-0.15, -0.1) is 0 Å². The first kappa shape index (κ1) is 17.9. The van der Waals surface area contributed by atoms with E-state index in [-0.39, 0.29) is 6.42 Å². The number of hydrogen-bond acceptors (Lipinski definition) is 3. The smallest absolute Gasteiger partial charge is 0.326 e. The number of hydrogen-bond donors (Lipinski definition) is 3. The standard InChI is InChI=1S/C17H21FN2O4/c1-10(21)19-14(8-12-4-6-13(18)7-5-12)16(22)20-15(17(23)24)9-11-2-3-11/h4-7,11,14-15H,2-3,8-9H2,1H3,(H,19,21)(H,20,22)(H,23,24)/t14-,15+/m0/s1. The van der Waals surface area contributed by atoms with Gasteiger partial charge in [0.2, 0.25) is 11.8 Å². The highest BCUT2D eigenvalue weighted by Gasteiger charge is 2.32. The van der Waals surface area contributed by atoms with Gasteiger partial charge < -0.3 is 15.7 Å². The van der Waals surface area contributed by atoms with E-state index in [0.29, 0.717) is 17.9 Å². The van der Waals surface area contributed by atoms with E-state index >= 15 is 0 Å². The van der Waals surface area contributed by atoms with Gasteiger partial charge in [-0.2, -0.15) is 0 Å². The van der Waals surface area contributed by atoms with Crippen molar-refractivity contribution in [2.75, 3.05) is 0 Å². The van der Waals surface area contributed by atoms with Gasteiger partial charge in [0.15, 0.2) is 0 Å². The van der Waals surface area contributed by atoms with Gasteiger partial charge in [0.25, 0.3) is 0 Å². The zero-order valence-electron chi connectivity index (χ0n) is 13.4. The number of benzene rings is 1. The van der Waals surface area contributed by atoms with Gasteiger partial charge in [-0.1, -0.05) is 25.0 Å². The van der Waals surface area contributed by atoms with Gasteiger partial charge in [-0.05, 0) is 30.0 Å². The molecule has 0 heterocycles. The fourth-order valence-electron chi connectivity index (χ4n) is 2.49. The van der Waals surface area contributed by atoms with E-state index in [9.17, 15) is 23.9 Å². The van der Waals surface area contributed by atoms with Crippen LogP contribution in [0, 0.1) is 11.7 Å². The summed E-state index contributed by atoms with van der Waals surface area (Å²) in [6, 6.07) is 3.71. The van der Waals surface area contributed by atoms with Crippen LogP contribution in [0.4, 0.5) is 4.39 Å². The molecule has 1 aliphatic carbocycles. The average molecular weight is 336 g/mol. The van der Waals surface area contributed by atoms with Crippen molar-refractivity contribution in [1.82, 2.24) is 10.6 Å². The first-order valence-electron chi connectivity index (χ1n) is 7.90. The Kier molecular flexibility index (Phi) is 5.89. The summed E-state index contributed by atoms with van der Waals surface area (Å²) in [6.45, 7) is 1.28. The lowest BCUT2D eigenvalue weighted by molar-refractivity contribution is -0.142. The third-order valence-corrected chi connectivity index (χ3v) is 3.93. The number of aliphatic carboxylic acids is 1. The van der Waals surface area contributed by atoms with Crippen molar-refractivity contribution in [3.05, 3.63) is 35.6 Å². The summed E-state index contributed by atoms with van der Waals surface area (Å²) < 4.78 is 13.0. The molecular weight excluding hydrogens is 315 g/mol. The summed E-state index contributed by atoms with van der Waals surface area (Å²) in [4.78, 5) is 35.0. The zero-order valence-corrected chi connectivity index (χ0v) is 13.4. The van der Waals surface area contributed by atoms with Crippen LogP contribution < -0.4 is 10.6 Å². The SMILES string of the molecule is CC(=O)N[C@@H](Cc1ccc(F)cc1)C(=O)N[C@H](CC1CC1)C(=O)O. The van der Waals surface area contributed by atoms with Gasteiger partial charge >= 0.3 is 5.97 Å². The summed E-state index contributed by atoms with van der Waals surface area (Å²) in [6.07, 6.45) is 2.50. The first-order chi connectivity index (χ1) is 11.3. The highest BCUT2D eigenvalue weighted by Crippen LogP contribution is 2.33. The van der Waals surface area contributed by atoms with E-state index in [4.69, 9.17) is 0 Å². The molecule has 2 rings (SSSR count). The van der Waals surface area contributed by atoms with Crippen molar-refractivity contribution in [1.29, 1.82) is 0 Å². The molecule has 0 spiro atoms. The number of carboxylic acids is 1. The molecule has 0 saturated heterocycles. The highest BCUT2D eigenvalue weighted by atomic mass is 19.1. The molecule has 7 heteroatoms. The molecule has 6 nitrogen and oxygen atoms in total. The summed E-state index contributed by atoms with van der Waals surface area (Å²) >= 11 is 0. The van der Waals surface area contributed by atoms with Crippen LogP contribution in [-0.4, -0.2) is 35.0 Å². The Hall–Kier alpha value is -2.44. The minimum Gasteiger partial charge on any atom is -0.480 e. The topological polar surface area (TPSA) is 95.5 Å². The van der Waals surface area contributed by atoms with Crippen LogP contribution in [-0.2, 0) is 20.8 Å². The molecule has 2 amide bonds. The Balaban J connectivity index is 2.04. The number of rotatable bonds is 8. The number of nitrogens with one attached hydrogen (secondary N) is 2. The van der Waals surface area contributed by atoms with Crippen molar-refractivity contribution in [3.8, 4) is 0 Å². The summed E-state index contributed by atoms with van der Waals surface area (Å²) in [5.74, 6) is -2.09. The Labute approximate surface area is 139 Å². The summed E-state index contributed by atoms with van der Waals surface area (Å²) in [7, 11) is 0. The number of carbonyl (C=O) groups excluding carboxylic acids is 2. The van der Waals surface area contributed by atoms with E-state index in [1.54, 1.807) is 0 Å². The number of carboxylic acid groups (broad SMARTS) is 1. The minimum absolute atomic E-state index is 0.154. The van der Waals surface area contributed by atoms with Crippen LogP contribution in [0.1, 0.15) is 31.7 Å². The van der Waals surface area contributed by atoms with Crippen LogP contribution in [0.25, 0.3) is 0 Å². The maximum atomic E-state index is 13.0. The van der Waals surface area contributed by atoms with Crippen molar-refractivity contribution < 1.29 is 23.9 Å². The normalized spacial score (nSPS) is 16.1. The second-order valence-corrected chi connectivity index (χ2v) is 6.16. The lowest BCUT2D eigenvalue weighted by atomic mass is 10.0. The summed E-state index contributed by atoms with van der Waals surface area (Å²) in [5.41, 5.74) is 0.666. The molecule has 0 unspecified atom stereocenters. The predicted octanol–water partition coefficient (Wildman–Crippen LogP) is 1.24. The highest BCUT2D eigenvalue weighted by molar-refractivity contribution is 5.90. The minimum atomic E-state index is -1.08. The fraction of sp³-hybridized carbons (Fsp3) is 0.471. The quantitative estimate of drug-likeness (QED) is 0.666. The van der Waals surface area contributed by atoms with Gasteiger partial charge in [0.05, 0.1) is 0 Å². The average Bonchev–Trinajstić information content (AvgIpc) is 3.31. The molecule has 1 fully saturated rings. The largest absolute Gasteiger partial charge is 0.480 e. The Morgan fingerprint density at radius 3 is 2.29 bits per heavy atom. The maximum Gasteiger partial charge on any atom is 0.326 e. The number of halogens is 1. The van der Waals surface area contributed by atoms with Crippen LogP contribution in [0.3, 0.4) is 0 Å². The van der Waals surface area contributed by atoms with Crippen LogP contribution in [0.2, 0.25) is 0 Å². The van der Waals surface area contributed by atoms with E-state index < -0.39 is 35.7 Å². The van der Waals surface area contributed by atoms with E-state index in [1.807, 2.05) is 0 Å². The predicted molar refractivity (Wildman–Crippen MR) is 84.6 cm³/mol. The van der Waals surface area contributed by atoms with Gasteiger partial charge in [0, 0.05) is 13.3 Å². The van der Waals surface area contributed by atoms with Crippen LogP contribution in [0.15, 0.2) is 24.3 Å². The molecule has 0 radical (unpaired) electrons. The first-order valence-corrected chi connectivity index (χ1v) is 7.90. The van der Waals surface area contributed by atoms with Crippen LogP contribution in [0.5, 0.6) is 0 Å². The molecule has 0 aromatic heterocycles. The molecular formula is C17H21FN2O4. The molecule has 24 heavy (non-hydrogen) atoms. The number of amides is 2. The van der Waals surface area contributed by atoms with Crippen molar-refractivity contribution in [3.63, 3.8) is 0 Å². The molecule has 2 atom stereocenters. The molecule has 0 aliphatic heterocycles. The zero-order chi connectivity index (χ0) is 17.7. The van der Waals surface area contributed by atoms with E-state index in [1.165, 1.54) is 31.2 Å². The lowest BCUT2D eigenvalue weighted by Crippen LogP contribution is -2.52. The Bertz CT molecular complexity index is 614. The van der Waals surface area contributed by atoms with Crippen molar-refractivity contribution in [2.45, 2.75) is 44.7 Å². The Morgan fingerprint density at radius 2 is 1.79 bits per heavy atom. The van der Waals surface area contributed by atoms with Gasteiger partial charge in [-0.3, -0.25) is 9.59 Å². The molecule has 0 bridgehead atoms. The third kappa shape index (κ3) is 5.64. The van der Waals surface area contributed by atoms with E-state index in [0.717, 1.165) is 12.8 Å². The number of carbonyl (C=O) groups is 3. The van der Waals surface area contributed by atoms with Crippen molar-refractivity contribution in [2.24, 2.45) is 5.92 Å². The molecule has 1 aliphatic rings. The van der Waals surface area contributed by atoms with E-state index in [2.05, 4.69) is 10.6 Å². The van der Waals surface area contributed by atoms with Crippen molar-refractivity contribution >= 4 is 17.8 Å². The molecule has 1 aromatic carbocycles. The molecule has 3 N–H and O–H groups in total. The third-order valence-electron chi connectivity index (χ3n) is 3.93. The molecule has 1 aromatic rings. The monoisotopic (exact) mass is 336 g/mol. The second kappa shape index (κ2) is 7.90. The molecule has 130 valence electrons. The summed E-state index contributed by atoms with van der Waals surface area (Å²) in [5, 5.41) is 14.3. The second-order valence-electron chi connectivity index (χ2n) is 6.16.